The van der Waals surface area contributed by atoms with Crippen LogP contribution in [0.25, 0.3) is 85.0 Å². The van der Waals surface area contributed by atoms with Crippen LogP contribution >= 0.6 is 0 Å². The molecule has 12 aromatic rings. The molecule has 0 radical (unpaired) electrons. The Kier molecular flexibility index (Phi) is 16.9. The molecule has 5 aromatic carbocycles. The van der Waals surface area contributed by atoms with Crippen molar-refractivity contribution in [2.45, 2.75) is 64.4 Å². The van der Waals surface area contributed by atoms with Gasteiger partial charge in [-0.3, -0.25) is 13.7 Å². The van der Waals surface area contributed by atoms with Gasteiger partial charge in [0.05, 0.1) is 76.2 Å². The fraction of sp³-hybridized carbons (Fsp3) is 0.298. The number of hydrogen-bond donors (Lipinski definition) is 1. The van der Waals surface area contributed by atoms with Gasteiger partial charge in [0.1, 0.15) is 24.1 Å². The summed E-state index contributed by atoms with van der Waals surface area (Å²) in [6, 6.07) is 49.2. The summed E-state index contributed by atoms with van der Waals surface area (Å²) < 4.78 is 32.5. The molecule has 15 heterocycles. The smallest absolute Gasteiger partial charge is 0.185 e. The number of anilines is 3. The van der Waals surface area contributed by atoms with Crippen molar-refractivity contribution < 1.29 is 9.13 Å². The Morgan fingerprint density at radius 3 is 1.66 bits per heavy atom. The molecule has 0 spiro atoms. The van der Waals surface area contributed by atoms with Crippen LogP contribution in [0.15, 0.2) is 202 Å². The SMILES string of the molecule is C=C1N[C@@H]2CN(c3ccc4c(c3)Cn3cc(-c5ccc(F)cc5)cc3-c3nccn3-4)C[C@@H]2O1.CC1CCN(C[C@@H]2CCN(c3ccc4c(c3)Cn3cc(-c5ccc(C#N)cc5)cc3-c3nccn3-4)C2)CC1.CN(C)C[C@@H]1CCN(c2cc3c(cn2)-n2cnnc2-c2cc(-c4ccc(C#N)cc4)cn2C3)C1. The Hall–Kier alpha value is -11.8. The number of likely N-dealkylation sites (tertiary alicyclic amines) is 1. The van der Waals surface area contributed by atoms with Gasteiger partial charge >= 0.3 is 0 Å². The highest BCUT2D eigenvalue weighted by molar-refractivity contribution is 5.76. The second kappa shape index (κ2) is 27.1. The fourth-order valence-corrected chi connectivity index (χ4v) is 17.0. The molecule has 105 heavy (non-hydrogen) atoms. The van der Waals surface area contributed by atoms with E-state index < -0.39 is 0 Å². The van der Waals surface area contributed by atoms with E-state index in [0.717, 1.165) is 162 Å². The van der Waals surface area contributed by atoms with E-state index in [0.29, 0.717) is 22.9 Å². The van der Waals surface area contributed by atoms with E-state index in [-0.39, 0.29) is 18.0 Å². The summed E-state index contributed by atoms with van der Waals surface area (Å²) in [5, 5.41) is 30.3. The Morgan fingerprint density at radius 1 is 0.552 bits per heavy atom. The molecule has 7 aromatic heterocycles. The van der Waals surface area contributed by atoms with Gasteiger partial charge in [0, 0.05) is 142 Å². The van der Waals surface area contributed by atoms with Crippen molar-refractivity contribution in [3.63, 3.8) is 0 Å². The number of pyridine rings is 1. The van der Waals surface area contributed by atoms with Gasteiger partial charge in [0.15, 0.2) is 23.4 Å². The number of nitrogens with zero attached hydrogens (tertiary/aromatic N) is 18. The number of benzene rings is 5. The van der Waals surface area contributed by atoms with Crippen molar-refractivity contribution in [1.29, 1.82) is 10.5 Å². The lowest BCUT2D eigenvalue weighted by atomic mass is 9.98. The Bertz CT molecular complexity index is 5320. The number of ether oxygens (including phenoxy) is 1. The number of imidazole rings is 2. The van der Waals surface area contributed by atoms with Crippen LogP contribution in [0.4, 0.5) is 21.6 Å². The van der Waals surface area contributed by atoms with E-state index in [4.69, 9.17) is 25.2 Å². The van der Waals surface area contributed by atoms with Gasteiger partial charge in [0.25, 0.3) is 0 Å². The number of halogens is 1. The van der Waals surface area contributed by atoms with E-state index >= 15 is 0 Å². The number of hydrogen-bond acceptors (Lipinski definition) is 14. The van der Waals surface area contributed by atoms with E-state index in [2.05, 4.69) is 193 Å². The fourth-order valence-electron chi connectivity index (χ4n) is 17.0. The van der Waals surface area contributed by atoms with Gasteiger partial charge in [-0.15, -0.1) is 10.2 Å². The highest BCUT2D eigenvalue weighted by Gasteiger charge is 2.40. The van der Waals surface area contributed by atoms with Crippen molar-refractivity contribution in [2.75, 3.05) is 94.2 Å². The van der Waals surface area contributed by atoms with E-state index in [1.54, 1.807) is 6.33 Å². The Morgan fingerprint density at radius 2 is 1.09 bits per heavy atom. The zero-order valence-electron chi connectivity index (χ0n) is 59.3. The van der Waals surface area contributed by atoms with Crippen LogP contribution in [-0.4, -0.2) is 154 Å². The molecule has 4 atom stereocenters. The first-order valence-corrected chi connectivity index (χ1v) is 36.7. The molecule has 1 N–H and O–H groups in total. The Balaban J connectivity index is 0.000000112. The predicted molar refractivity (Wildman–Crippen MR) is 407 cm³/mol. The summed E-state index contributed by atoms with van der Waals surface area (Å²) in [7, 11) is 4.28. The normalized spacial score (nSPS) is 18.8. The lowest BCUT2D eigenvalue weighted by molar-refractivity contribution is 0.171. The highest BCUT2D eigenvalue weighted by Crippen LogP contribution is 2.41. The lowest BCUT2D eigenvalue weighted by Gasteiger charge is -2.32. The van der Waals surface area contributed by atoms with Crippen molar-refractivity contribution in [2.24, 2.45) is 17.8 Å². The van der Waals surface area contributed by atoms with Gasteiger partial charge in [0.2, 0.25) is 0 Å². The quantitative estimate of drug-likeness (QED) is 0.137. The summed E-state index contributed by atoms with van der Waals surface area (Å²) in [5.74, 6) is 6.49. The molecular weight excluding hydrogens is 1310 g/mol. The minimum absolute atomic E-state index is 0.144. The molecule has 5 saturated heterocycles. The lowest BCUT2D eigenvalue weighted by Crippen LogP contribution is -2.37. The molecule has 20 rings (SSSR count). The molecule has 0 bridgehead atoms. The zero-order chi connectivity index (χ0) is 71.0. The second-order valence-electron chi connectivity index (χ2n) is 29.9. The van der Waals surface area contributed by atoms with Crippen molar-refractivity contribution in [3.05, 3.63) is 235 Å². The van der Waals surface area contributed by atoms with Crippen LogP contribution in [0.5, 0.6) is 0 Å². The molecular formula is C84H82FN19O. The summed E-state index contributed by atoms with van der Waals surface area (Å²) in [4.78, 5) is 26.6. The third kappa shape index (κ3) is 12.7. The van der Waals surface area contributed by atoms with Gasteiger partial charge in [-0.05, 0) is 202 Å². The number of rotatable bonds is 10. The monoisotopic (exact) mass is 1390 g/mol. The molecule has 21 heteroatoms. The largest absolute Gasteiger partial charge is 0.472 e. The van der Waals surface area contributed by atoms with Crippen LogP contribution < -0.4 is 20.0 Å². The number of fused-ring (bicyclic) bond motifs is 16. The first kappa shape index (κ1) is 65.3. The third-order valence-corrected chi connectivity index (χ3v) is 22.5. The average Bonchev–Trinajstić information content (AvgIpc) is 1.62. The standard InChI is InChI=1S/C32H34N6.C26H22FN5O.C26H26N8/c1-23-8-12-35(13-9-23)19-25-10-14-36(20-25)29-6-7-30-28(16-29)22-37-21-27(26-4-2-24(18-33)3-5-26)17-31(37)32-34-11-15-38(30)32;1-16-29-22-14-30(15-25(22)33-16)21-6-7-23-19(10-21)13-31-12-18(17-2-4-20(27)5-3-17)11-24(31)26-28-8-9-32(23)26;1-31(2)13-19-7-8-32(14-19)25-10-22-16-33-15-21(20-5-3-18(11-27)4-6-20)9-23(33)26-30-29-17-34(26)24(22)12-28-25/h2-7,11,15-17,21,23,25H,8-10,12-14,19-20,22H2,1H3;2-12,22,25,29H,1,13-15H2;3-6,9-10,12,15,17,19H,7-8,13-14,16H2,1-2H3/t25-;22-,25+;19-/m010/s1. The van der Waals surface area contributed by atoms with E-state index in [1.807, 2.05) is 90.0 Å². The maximum absolute atomic E-state index is 13.4. The zero-order valence-corrected chi connectivity index (χ0v) is 59.3. The number of aromatic nitrogens is 11. The van der Waals surface area contributed by atoms with Crippen molar-refractivity contribution in [3.8, 4) is 97.1 Å². The molecule has 0 saturated carbocycles. The molecule has 0 aliphatic carbocycles. The molecule has 20 nitrogen and oxygen atoms in total. The van der Waals surface area contributed by atoms with Gasteiger partial charge in [-0.25, -0.2) is 19.3 Å². The van der Waals surface area contributed by atoms with Gasteiger partial charge in [-0.2, -0.15) is 10.5 Å². The maximum Gasteiger partial charge on any atom is 0.185 e. The van der Waals surface area contributed by atoms with Crippen molar-refractivity contribution >= 4 is 17.2 Å². The Labute approximate surface area is 610 Å². The van der Waals surface area contributed by atoms with E-state index in [1.165, 1.54) is 91.2 Å². The molecule has 8 aliphatic heterocycles. The van der Waals surface area contributed by atoms with E-state index in [9.17, 15) is 4.39 Å². The van der Waals surface area contributed by atoms with Crippen LogP contribution in [-0.2, 0) is 24.4 Å². The highest BCUT2D eigenvalue weighted by atomic mass is 19.1. The second-order valence-corrected chi connectivity index (χ2v) is 29.9. The van der Waals surface area contributed by atoms with Crippen LogP contribution in [0.1, 0.15) is 60.4 Å². The molecule has 5 fully saturated rings. The van der Waals surface area contributed by atoms with Crippen molar-refractivity contribution in [1.82, 2.24) is 67.7 Å². The van der Waals surface area contributed by atoms with Crippen LogP contribution in [0.2, 0.25) is 0 Å². The molecule has 0 amide bonds. The minimum Gasteiger partial charge on any atom is -0.472 e. The molecule has 8 aliphatic rings. The summed E-state index contributed by atoms with van der Waals surface area (Å²) >= 11 is 0. The maximum atomic E-state index is 13.4. The van der Waals surface area contributed by atoms with Crippen LogP contribution in [0.3, 0.4) is 0 Å². The third-order valence-electron chi connectivity index (χ3n) is 22.5. The predicted octanol–water partition coefficient (Wildman–Crippen LogP) is 13.4. The average molecular weight is 1390 g/mol. The van der Waals surface area contributed by atoms with Gasteiger partial charge < -0.3 is 48.3 Å². The summed E-state index contributed by atoms with van der Waals surface area (Å²) in [6.45, 7) is 19.6. The molecule has 526 valence electrons. The number of nitriles is 2. The minimum atomic E-state index is -0.229. The topological polar surface area (TPSA) is 179 Å². The first-order chi connectivity index (χ1) is 51.3. The van der Waals surface area contributed by atoms with Gasteiger partial charge in [-0.1, -0.05) is 43.3 Å². The number of piperidine rings is 1. The summed E-state index contributed by atoms with van der Waals surface area (Å²) in [5.41, 5.74) is 20.6. The number of nitrogens with one attached hydrogen (secondary N) is 1. The molecule has 0 unspecified atom stereocenters. The first-order valence-electron chi connectivity index (χ1n) is 36.7. The van der Waals surface area contributed by atoms with Crippen LogP contribution in [0, 0.1) is 46.2 Å². The summed E-state index contributed by atoms with van der Waals surface area (Å²) in [6.07, 6.45) is 23.4.